The van der Waals surface area contributed by atoms with Crippen LogP contribution in [-0.4, -0.2) is 56.0 Å². The second kappa shape index (κ2) is 7.10. The van der Waals surface area contributed by atoms with E-state index in [1.807, 2.05) is 11.9 Å². The fourth-order valence-electron chi connectivity index (χ4n) is 2.76. The maximum atomic E-state index is 12.4. The molecule has 0 aromatic heterocycles. The Balaban J connectivity index is 2.42. The molecule has 3 unspecified atom stereocenters. The number of rotatable bonds is 5. The van der Waals surface area contributed by atoms with Crippen LogP contribution in [0.5, 0.6) is 0 Å². The van der Waals surface area contributed by atoms with Crippen LogP contribution in [0, 0.1) is 11.8 Å². The summed E-state index contributed by atoms with van der Waals surface area (Å²) in [6, 6.07) is 0.197. The van der Waals surface area contributed by atoms with Gasteiger partial charge in [0, 0.05) is 25.6 Å². The van der Waals surface area contributed by atoms with E-state index < -0.39 is 0 Å². The molecule has 0 spiro atoms. The second-order valence-electron chi connectivity index (χ2n) is 5.98. The molecule has 0 aromatic carbocycles. The first-order valence-corrected chi connectivity index (χ1v) is 7.08. The quantitative estimate of drug-likeness (QED) is 0.802. The number of hydrogen-bond acceptors (Lipinski definition) is 3. The topological polar surface area (TPSA) is 49.6 Å². The molecule has 0 saturated heterocycles. The van der Waals surface area contributed by atoms with Gasteiger partial charge in [-0.05, 0) is 45.8 Å². The van der Waals surface area contributed by atoms with E-state index in [1.54, 1.807) is 0 Å². The number of hydrogen-bond donors (Lipinski definition) is 1. The smallest absolute Gasteiger partial charge is 0.225 e. The van der Waals surface area contributed by atoms with Crippen molar-refractivity contribution in [1.82, 2.24) is 9.80 Å². The summed E-state index contributed by atoms with van der Waals surface area (Å²) in [5.41, 5.74) is 6.07. The zero-order chi connectivity index (χ0) is 13.7. The molecule has 0 aliphatic heterocycles. The van der Waals surface area contributed by atoms with Crippen molar-refractivity contribution in [3.63, 3.8) is 0 Å². The number of carbonyl (C=O) groups is 1. The molecule has 1 aliphatic rings. The largest absolute Gasteiger partial charge is 0.345 e. The molecule has 0 heterocycles. The molecule has 1 rings (SSSR count). The molecule has 0 bridgehead atoms. The molecule has 0 radical (unpaired) electrons. The predicted molar refractivity (Wildman–Crippen MR) is 75.3 cm³/mol. The van der Waals surface area contributed by atoms with E-state index in [0.717, 1.165) is 38.8 Å². The minimum Gasteiger partial charge on any atom is -0.345 e. The highest BCUT2D eigenvalue weighted by Crippen LogP contribution is 2.30. The van der Waals surface area contributed by atoms with E-state index in [4.69, 9.17) is 5.73 Å². The van der Waals surface area contributed by atoms with Gasteiger partial charge in [0.05, 0.1) is 0 Å². The number of carbonyl (C=O) groups excluding carboxylic acids is 1. The Bertz CT molecular complexity index is 268. The summed E-state index contributed by atoms with van der Waals surface area (Å²) in [6.45, 7) is 3.99. The van der Waals surface area contributed by atoms with Crippen molar-refractivity contribution in [2.24, 2.45) is 17.6 Å². The van der Waals surface area contributed by atoms with Gasteiger partial charge in [-0.25, -0.2) is 0 Å². The van der Waals surface area contributed by atoms with Gasteiger partial charge in [-0.2, -0.15) is 0 Å². The van der Waals surface area contributed by atoms with Crippen molar-refractivity contribution in [2.45, 2.75) is 38.6 Å². The predicted octanol–water partition coefficient (Wildman–Crippen LogP) is 1.16. The first kappa shape index (κ1) is 15.4. The molecule has 1 fully saturated rings. The van der Waals surface area contributed by atoms with Gasteiger partial charge >= 0.3 is 0 Å². The summed E-state index contributed by atoms with van der Waals surface area (Å²) < 4.78 is 0. The Kier molecular flexibility index (Phi) is 6.09. The van der Waals surface area contributed by atoms with E-state index in [9.17, 15) is 4.79 Å². The van der Waals surface area contributed by atoms with Crippen LogP contribution in [0.2, 0.25) is 0 Å². The monoisotopic (exact) mass is 255 g/mol. The highest BCUT2D eigenvalue weighted by molar-refractivity contribution is 5.79. The Morgan fingerprint density at radius 3 is 2.50 bits per heavy atom. The van der Waals surface area contributed by atoms with E-state index in [0.29, 0.717) is 5.92 Å². The first-order chi connectivity index (χ1) is 8.43. The average Bonchev–Trinajstić information content (AvgIpc) is 2.31. The summed E-state index contributed by atoms with van der Waals surface area (Å²) in [5.74, 6) is 0.747. The van der Waals surface area contributed by atoms with Crippen molar-refractivity contribution < 1.29 is 4.79 Å². The molecule has 0 aromatic rings. The van der Waals surface area contributed by atoms with Crippen LogP contribution in [0.3, 0.4) is 0 Å². The first-order valence-electron chi connectivity index (χ1n) is 7.08. The second-order valence-corrected chi connectivity index (χ2v) is 5.98. The van der Waals surface area contributed by atoms with Gasteiger partial charge in [-0.3, -0.25) is 4.79 Å². The van der Waals surface area contributed by atoms with Crippen molar-refractivity contribution in [3.05, 3.63) is 0 Å². The molecule has 1 amide bonds. The number of nitrogens with zero attached hydrogens (tertiary/aromatic N) is 2. The van der Waals surface area contributed by atoms with Gasteiger partial charge in [0.15, 0.2) is 0 Å². The lowest BCUT2D eigenvalue weighted by Crippen LogP contribution is -2.45. The van der Waals surface area contributed by atoms with Crippen LogP contribution in [0.1, 0.15) is 32.6 Å². The normalized spacial score (nSPS) is 28.4. The van der Waals surface area contributed by atoms with Crippen LogP contribution >= 0.6 is 0 Å². The maximum absolute atomic E-state index is 12.4. The molecule has 18 heavy (non-hydrogen) atoms. The fourth-order valence-corrected chi connectivity index (χ4v) is 2.76. The SMILES string of the molecule is CC1C(N)CCCC1C(=O)N(C)CCCN(C)C. The Morgan fingerprint density at radius 1 is 1.22 bits per heavy atom. The molecular formula is C14H29N3O. The Morgan fingerprint density at radius 2 is 1.89 bits per heavy atom. The van der Waals surface area contributed by atoms with Crippen molar-refractivity contribution in [3.8, 4) is 0 Å². The minimum atomic E-state index is 0.137. The number of nitrogens with two attached hydrogens (primary N) is 1. The highest BCUT2D eigenvalue weighted by Gasteiger charge is 2.33. The molecule has 2 N–H and O–H groups in total. The van der Waals surface area contributed by atoms with Crippen molar-refractivity contribution in [2.75, 3.05) is 34.2 Å². The van der Waals surface area contributed by atoms with Gasteiger partial charge in [0.1, 0.15) is 0 Å². The summed E-state index contributed by atoms with van der Waals surface area (Å²) in [5, 5.41) is 0. The molecule has 106 valence electrons. The van der Waals surface area contributed by atoms with E-state index in [1.165, 1.54) is 0 Å². The van der Waals surface area contributed by atoms with Gasteiger partial charge in [0.2, 0.25) is 5.91 Å². The van der Waals surface area contributed by atoms with Gasteiger partial charge < -0.3 is 15.5 Å². The van der Waals surface area contributed by atoms with Crippen LogP contribution in [0.25, 0.3) is 0 Å². The molecule has 4 nitrogen and oxygen atoms in total. The third-order valence-electron chi connectivity index (χ3n) is 4.15. The van der Waals surface area contributed by atoms with Crippen molar-refractivity contribution >= 4 is 5.91 Å². The van der Waals surface area contributed by atoms with Crippen LogP contribution in [0.15, 0.2) is 0 Å². The summed E-state index contributed by atoms with van der Waals surface area (Å²) in [6.07, 6.45) is 4.19. The average molecular weight is 255 g/mol. The lowest BCUT2D eigenvalue weighted by atomic mass is 9.76. The van der Waals surface area contributed by atoms with Gasteiger partial charge in [-0.1, -0.05) is 13.3 Å². The Hall–Kier alpha value is -0.610. The van der Waals surface area contributed by atoms with Crippen LogP contribution in [-0.2, 0) is 4.79 Å². The van der Waals surface area contributed by atoms with Gasteiger partial charge in [0.25, 0.3) is 0 Å². The molecule has 3 atom stereocenters. The molecule has 1 saturated carbocycles. The van der Waals surface area contributed by atoms with E-state index in [-0.39, 0.29) is 17.9 Å². The third-order valence-corrected chi connectivity index (χ3v) is 4.15. The lowest BCUT2D eigenvalue weighted by molar-refractivity contribution is -0.137. The lowest BCUT2D eigenvalue weighted by Gasteiger charge is -2.35. The molecule has 4 heteroatoms. The van der Waals surface area contributed by atoms with Crippen molar-refractivity contribution in [1.29, 1.82) is 0 Å². The van der Waals surface area contributed by atoms with E-state index >= 15 is 0 Å². The highest BCUT2D eigenvalue weighted by atomic mass is 16.2. The Labute approximate surface area is 111 Å². The van der Waals surface area contributed by atoms with E-state index in [2.05, 4.69) is 25.9 Å². The number of amides is 1. The minimum absolute atomic E-state index is 0.137. The third kappa shape index (κ3) is 4.25. The summed E-state index contributed by atoms with van der Waals surface area (Å²) in [7, 11) is 6.04. The zero-order valence-electron chi connectivity index (χ0n) is 12.4. The van der Waals surface area contributed by atoms with Crippen LogP contribution < -0.4 is 5.73 Å². The standard InChI is InChI=1S/C14H29N3O/c1-11-12(7-5-8-13(11)15)14(18)17(4)10-6-9-16(2)3/h11-13H,5-10,15H2,1-4H3. The molecule has 1 aliphatic carbocycles. The maximum Gasteiger partial charge on any atom is 0.225 e. The zero-order valence-corrected chi connectivity index (χ0v) is 12.4. The molecular weight excluding hydrogens is 226 g/mol. The van der Waals surface area contributed by atoms with Gasteiger partial charge in [-0.15, -0.1) is 0 Å². The summed E-state index contributed by atoms with van der Waals surface area (Å²) >= 11 is 0. The summed E-state index contributed by atoms with van der Waals surface area (Å²) in [4.78, 5) is 16.4. The fraction of sp³-hybridized carbons (Fsp3) is 0.929. The van der Waals surface area contributed by atoms with Crippen LogP contribution in [0.4, 0.5) is 0 Å².